The monoisotopic (exact) mass is 296 g/mol. The van der Waals surface area contributed by atoms with Crippen molar-refractivity contribution < 1.29 is 9.53 Å². The van der Waals surface area contributed by atoms with Crippen molar-refractivity contribution in [3.63, 3.8) is 0 Å². The van der Waals surface area contributed by atoms with Crippen molar-refractivity contribution in [3.8, 4) is 0 Å². The lowest BCUT2D eigenvalue weighted by Crippen LogP contribution is -2.42. The Balaban J connectivity index is 1.88. The van der Waals surface area contributed by atoms with Gasteiger partial charge >= 0.3 is 6.09 Å². The molecule has 1 fully saturated rings. The molecule has 1 amide bonds. The van der Waals surface area contributed by atoms with Crippen molar-refractivity contribution in [2.24, 2.45) is 0 Å². The SMILES string of the molecule is CCOC(=O)N1CCC(Nc2cccc(Cl)c2C)CC1. The second-order valence-corrected chi connectivity index (χ2v) is 5.42. The predicted octanol–water partition coefficient (Wildman–Crippen LogP) is 3.68. The van der Waals surface area contributed by atoms with Gasteiger partial charge in [-0.2, -0.15) is 0 Å². The van der Waals surface area contributed by atoms with Crippen molar-refractivity contribution in [1.82, 2.24) is 4.90 Å². The van der Waals surface area contributed by atoms with Gasteiger partial charge < -0.3 is 15.0 Å². The van der Waals surface area contributed by atoms with E-state index in [0.717, 1.165) is 42.2 Å². The van der Waals surface area contributed by atoms with E-state index in [2.05, 4.69) is 5.32 Å². The molecule has 1 aliphatic rings. The van der Waals surface area contributed by atoms with Gasteiger partial charge in [-0.05, 0) is 44.4 Å². The zero-order valence-corrected chi connectivity index (χ0v) is 12.7. The van der Waals surface area contributed by atoms with Crippen LogP contribution < -0.4 is 5.32 Å². The summed E-state index contributed by atoms with van der Waals surface area (Å²) in [6.45, 7) is 5.73. The number of piperidine rings is 1. The molecule has 0 unspecified atom stereocenters. The molecule has 0 aliphatic carbocycles. The van der Waals surface area contributed by atoms with Crippen LogP contribution in [0.1, 0.15) is 25.3 Å². The van der Waals surface area contributed by atoms with Gasteiger partial charge in [-0.15, -0.1) is 0 Å². The molecule has 20 heavy (non-hydrogen) atoms. The summed E-state index contributed by atoms with van der Waals surface area (Å²) in [5.41, 5.74) is 2.15. The van der Waals surface area contributed by atoms with E-state index in [-0.39, 0.29) is 6.09 Å². The number of carbonyl (C=O) groups is 1. The Morgan fingerprint density at radius 2 is 2.15 bits per heavy atom. The molecule has 2 rings (SSSR count). The van der Waals surface area contributed by atoms with Gasteiger partial charge in [0, 0.05) is 29.8 Å². The quantitative estimate of drug-likeness (QED) is 0.925. The number of carbonyl (C=O) groups excluding carboxylic acids is 1. The maximum absolute atomic E-state index is 11.6. The van der Waals surface area contributed by atoms with Crippen LogP contribution in [-0.2, 0) is 4.74 Å². The Kier molecular flexibility index (Phi) is 5.12. The van der Waals surface area contributed by atoms with Crippen LogP contribution in [0.5, 0.6) is 0 Å². The molecule has 0 aromatic heterocycles. The lowest BCUT2D eigenvalue weighted by atomic mass is 10.0. The van der Waals surface area contributed by atoms with Crippen LogP contribution in [0, 0.1) is 6.92 Å². The van der Waals surface area contributed by atoms with Crippen LogP contribution in [0.25, 0.3) is 0 Å². The van der Waals surface area contributed by atoms with Crippen LogP contribution >= 0.6 is 11.6 Å². The number of anilines is 1. The maximum Gasteiger partial charge on any atom is 0.409 e. The van der Waals surface area contributed by atoms with Gasteiger partial charge in [-0.25, -0.2) is 4.79 Å². The molecule has 0 atom stereocenters. The maximum atomic E-state index is 11.6. The summed E-state index contributed by atoms with van der Waals surface area (Å²) in [5.74, 6) is 0. The van der Waals surface area contributed by atoms with Crippen molar-refractivity contribution >= 4 is 23.4 Å². The highest BCUT2D eigenvalue weighted by atomic mass is 35.5. The molecule has 110 valence electrons. The fraction of sp³-hybridized carbons (Fsp3) is 0.533. The number of rotatable bonds is 3. The number of hydrogen-bond donors (Lipinski definition) is 1. The zero-order valence-electron chi connectivity index (χ0n) is 12.0. The molecule has 1 saturated heterocycles. The summed E-state index contributed by atoms with van der Waals surface area (Å²) >= 11 is 6.12. The highest BCUT2D eigenvalue weighted by Gasteiger charge is 2.23. The van der Waals surface area contributed by atoms with Gasteiger partial charge in [0.2, 0.25) is 0 Å². The van der Waals surface area contributed by atoms with Gasteiger partial charge in [-0.1, -0.05) is 17.7 Å². The minimum absolute atomic E-state index is 0.204. The number of nitrogens with one attached hydrogen (secondary N) is 1. The van der Waals surface area contributed by atoms with Gasteiger partial charge in [0.1, 0.15) is 0 Å². The molecular weight excluding hydrogens is 276 g/mol. The molecule has 0 spiro atoms. The third kappa shape index (κ3) is 3.57. The summed E-state index contributed by atoms with van der Waals surface area (Å²) in [5, 5.41) is 4.30. The molecule has 5 heteroatoms. The first-order valence-corrected chi connectivity index (χ1v) is 7.43. The Labute approximate surface area is 125 Å². The molecule has 1 aliphatic heterocycles. The van der Waals surface area contributed by atoms with E-state index in [9.17, 15) is 4.79 Å². The highest BCUT2D eigenvalue weighted by molar-refractivity contribution is 6.31. The second kappa shape index (κ2) is 6.84. The molecule has 0 radical (unpaired) electrons. The van der Waals surface area contributed by atoms with Gasteiger partial charge in [0.15, 0.2) is 0 Å². The van der Waals surface area contributed by atoms with Crippen LogP contribution in [0.3, 0.4) is 0 Å². The molecule has 0 saturated carbocycles. The number of hydrogen-bond acceptors (Lipinski definition) is 3. The summed E-state index contributed by atoms with van der Waals surface area (Å²) < 4.78 is 5.02. The van der Waals surface area contributed by atoms with E-state index >= 15 is 0 Å². The molecule has 0 bridgehead atoms. The minimum atomic E-state index is -0.204. The van der Waals surface area contributed by atoms with Crippen molar-refractivity contribution in [2.45, 2.75) is 32.7 Å². The van der Waals surface area contributed by atoms with Crippen molar-refractivity contribution in [1.29, 1.82) is 0 Å². The Morgan fingerprint density at radius 1 is 1.45 bits per heavy atom. The van der Waals surface area contributed by atoms with Crippen LogP contribution in [0.2, 0.25) is 5.02 Å². The predicted molar refractivity (Wildman–Crippen MR) is 81.4 cm³/mol. The number of halogens is 1. The van der Waals surface area contributed by atoms with Crippen LogP contribution in [0.15, 0.2) is 18.2 Å². The first kappa shape index (κ1) is 15.0. The van der Waals surface area contributed by atoms with E-state index in [1.807, 2.05) is 32.0 Å². The smallest absolute Gasteiger partial charge is 0.409 e. The van der Waals surface area contributed by atoms with E-state index in [0.29, 0.717) is 12.6 Å². The lowest BCUT2D eigenvalue weighted by molar-refractivity contribution is 0.0983. The molecular formula is C15H21ClN2O2. The minimum Gasteiger partial charge on any atom is -0.450 e. The Bertz CT molecular complexity index is 471. The fourth-order valence-corrected chi connectivity index (χ4v) is 2.58. The van der Waals surface area contributed by atoms with Gasteiger partial charge in [0.25, 0.3) is 0 Å². The average Bonchev–Trinajstić information content (AvgIpc) is 2.45. The van der Waals surface area contributed by atoms with E-state index in [1.165, 1.54) is 0 Å². The topological polar surface area (TPSA) is 41.6 Å². The first-order valence-electron chi connectivity index (χ1n) is 7.05. The molecule has 1 aromatic rings. The molecule has 1 heterocycles. The third-order valence-corrected chi connectivity index (χ3v) is 4.06. The number of benzene rings is 1. The summed E-state index contributed by atoms with van der Waals surface area (Å²) in [6.07, 6.45) is 1.64. The fourth-order valence-electron chi connectivity index (χ4n) is 2.40. The average molecular weight is 297 g/mol. The normalized spacial score (nSPS) is 16.1. The van der Waals surface area contributed by atoms with Crippen LogP contribution in [-0.4, -0.2) is 36.7 Å². The van der Waals surface area contributed by atoms with Gasteiger partial charge in [0.05, 0.1) is 6.61 Å². The van der Waals surface area contributed by atoms with E-state index in [4.69, 9.17) is 16.3 Å². The standard InChI is InChI=1S/C15H21ClN2O2/c1-3-20-15(19)18-9-7-12(8-10-18)17-14-6-4-5-13(16)11(14)2/h4-6,12,17H,3,7-10H2,1-2H3. The van der Waals surface area contributed by atoms with Crippen molar-refractivity contribution in [3.05, 3.63) is 28.8 Å². The zero-order chi connectivity index (χ0) is 14.5. The highest BCUT2D eigenvalue weighted by Crippen LogP contribution is 2.25. The Hall–Kier alpha value is -1.42. The molecule has 1 N–H and O–H groups in total. The molecule has 4 nitrogen and oxygen atoms in total. The number of ether oxygens (including phenoxy) is 1. The van der Waals surface area contributed by atoms with Crippen LogP contribution in [0.4, 0.5) is 10.5 Å². The second-order valence-electron chi connectivity index (χ2n) is 5.02. The van der Waals surface area contributed by atoms with E-state index in [1.54, 1.807) is 4.90 Å². The summed E-state index contributed by atoms with van der Waals surface area (Å²) in [4.78, 5) is 13.4. The number of nitrogens with zero attached hydrogens (tertiary/aromatic N) is 1. The molecule has 1 aromatic carbocycles. The lowest BCUT2D eigenvalue weighted by Gasteiger charge is -2.32. The first-order chi connectivity index (χ1) is 9.61. The Morgan fingerprint density at radius 3 is 2.80 bits per heavy atom. The van der Waals surface area contributed by atoms with Crippen molar-refractivity contribution in [2.75, 3.05) is 25.0 Å². The van der Waals surface area contributed by atoms with Gasteiger partial charge in [-0.3, -0.25) is 0 Å². The number of amides is 1. The third-order valence-electron chi connectivity index (χ3n) is 3.65. The number of likely N-dealkylation sites (tertiary alicyclic amines) is 1. The summed E-state index contributed by atoms with van der Waals surface area (Å²) in [6, 6.07) is 6.26. The largest absolute Gasteiger partial charge is 0.450 e. The van der Waals surface area contributed by atoms with E-state index < -0.39 is 0 Å². The summed E-state index contributed by atoms with van der Waals surface area (Å²) in [7, 11) is 0.